The van der Waals surface area contributed by atoms with Crippen LogP contribution in [-0.4, -0.2) is 32.0 Å². The van der Waals surface area contributed by atoms with Crippen molar-refractivity contribution in [3.05, 3.63) is 36.7 Å². The average Bonchev–Trinajstić information content (AvgIpc) is 3.19. The van der Waals surface area contributed by atoms with Crippen LogP contribution in [0.4, 0.5) is 0 Å². The normalized spacial score (nSPS) is 16.6. The number of nitrogens with one attached hydrogen (secondary N) is 1. The van der Waals surface area contributed by atoms with Gasteiger partial charge in [-0.15, -0.1) is 10.2 Å². The van der Waals surface area contributed by atoms with Gasteiger partial charge in [-0.1, -0.05) is 42.8 Å². The molecule has 6 heteroatoms. The summed E-state index contributed by atoms with van der Waals surface area (Å²) in [6, 6.07) is 10.3. The Hall–Kier alpha value is -1.82. The summed E-state index contributed by atoms with van der Waals surface area (Å²) in [6.45, 7) is 1.92. The Bertz CT molecular complexity index is 622. The Balaban J connectivity index is 1.65. The van der Waals surface area contributed by atoms with E-state index in [1.54, 1.807) is 6.33 Å². The first-order valence-electron chi connectivity index (χ1n) is 7.66. The van der Waals surface area contributed by atoms with E-state index in [1.165, 1.54) is 24.6 Å². The Morgan fingerprint density at radius 1 is 1.32 bits per heavy atom. The molecule has 3 rings (SSSR count). The molecule has 0 spiro atoms. The van der Waals surface area contributed by atoms with E-state index in [1.807, 2.05) is 41.8 Å². The van der Waals surface area contributed by atoms with E-state index in [0.29, 0.717) is 6.04 Å². The number of amides is 1. The van der Waals surface area contributed by atoms with E-state index in [9.17, 15) is 4.79 Å². The molecule has 1 amide bonds. The third-order valence-corrected chi connectivity index (χ3v) is 4.96. The first kappa shape index (κ1) is 15.1. The lowest BCUT2D eigenvalue weighted by Gasteiger charge is -2.16. The van der Waals surface area contributed by atoms with Crippen LogP contribution in [-0.2, 0) is 4.79 Å². The maximum absolute atomic E-state index is 12.3. The van der Waals surface area contributed by atoms with Crippen LogP contribution in [0.25, 0.3) is 5.69 Å². The Morgan fingerprint density at radius 2 is 2.05 bits per heavy atom. The van der Waals surface area contributed by atoms with E-state index in [2.05, 4.69) is 15.5 Å². The Morgan fingerprint density at radius 3 is 2.77 bits per heavy atom. The highest BCUT2D eigenvalue weighted by Gasteiger charge is 2.22. The third kappa shape index (κ3) is 3.50. The number of hydrogen-bond acceptors (Lipinski definition) is 4. The summed E-state index contributed by atoms with van der Waals surface area (Å²) in [5, 5.41) is 11.8. The van der Waals surface area contributed by atoms with E-state index in [0.717, 1.165) is 23.7 Å². The monoisotopic (exact) mass is 316 g/mol. The largest absolute Gasteiger partial charge is 0.352 e. The van der Waals surface area contributed by atoms with E-state index < -0.39 is 0 Å². The molecule has 116 valence electrons. The van der Waals surface area contributed by atoms with Gasteiger partial charge in [0.2, 0.25) is 5.91 Å². The van der Waals surface area contributed by atoms with Crippen molar-refractivity contribution in [1.82, 2.24) is 20.1 Å². The average molecular weight is 316 g/mol. The molecule has 0 radical (unpaired) electrons. The van der Waals surface area contributed by atoms with Crippen molar-refractivity contribution < 1.29 is 4.79 Å². The van der Waals surface area contributed by atoms with Crippen molar-refractivity contribution in [2.24, 2.45) is 0 Å². The highest BCUT2D eigenvalue weighted by molar-refractivity contribution is 8.00. The zero-order valence-electron chi connectivity index (χ0n) is 12.6. The summed E-state index contributed by atoms with van der Waals surface area (Å²) >= 11 is 1.44. The smallest absolute Gasteiger partial charge is 0.233 e. The van der Waals surface area contributed by atoms with Crippen LogP contribution in [0.3, 0.4) is 0 Å². The van der Waals surface area contributed by atoms with Gasteiger partial charge < -0.3 is 5.32 Å². The van der Waals surface area contributed by atoms with Gasteiger partial charge in [0.05, 0.1) is 5.25 Å². The molecule has 1 N–H and O–H groups in total. The summed E-state index contributed by atoms with van der Waals surface area (Å²) < 4.78 is 1.91. The minimum Gasteiger partial charge on any atom is -0.352 e. The SMILES string of the molecule is C[C@@H](Sc1nncn1-c1ccccc1)C(=O)NC1CCCC1. The highest BCUT2D eigenvalue weighted by atomic mass is 32.2. The van der Waals surface area contributed by atoms with Crippen LogP contribution < -0.4 is 5.32 Å². The first-order chi connectivity index (χ1) is 10.7. The number of aromatic nitrogens is 3. The molecule has 2 aromatic rings. The molecule has 1 aliphatic rings. The molecular formula is C16H20N4OS. The van der Waals surface area contributed by atoms with Gasteiger partial charge in [-0.05, 0) is 31.9 Å². The van der Waals surface area contributed by atoms with E-state index in [4.69, 9.17) is 0 Å². The fourth-order valence-electron chi connectivity index (χ4n) is 2.67. The van der Waals surface area contributed by atoms with Crippen molar-refractivity contribution in [3.63, 3.8) is 0 Å². The molecule has 0 saturated heterocycles. The van der Waals surface area contributed by atoms with Crippen molar-refractivity contribution in [1.29, 1.82) is 0 Å². The summed E-state index contributed by atoms with van der Waals surface area (Å²) in [5.41, 5.74) is 0.999. The summed E-state index contributed by atoms with van der Waals surface area (Å²) in [4.78, 5) is 12.3. The molecule has 1 aromatic carbocycles. The summed E-state index contributed by atoms with van der Waals surface area (Å²) in [6.07, 6.45) is 6.31. The zero-order valence-corrected chi connectivity index (χ0v) is 13.4. The molecule has 0 aliphatic heterocycles. The number of hydrogen-bond donors (Lipinski definition) is 1. The third-order valence-electron chi connectivity index (χ3n) is 3.90. The molecule has 1 aliphatic carbocycles. The van der Waals surface area contributed by atoms with Crippen LogP contribution in [0, 0.1) is 0 Å². The lowest BCUT2D eigenvalue weighted by molar-refractivity contribution is -0.120. The predicted octanol–water partition coefficient (Wildman–Crippen LogP) is 2.81. The molecule has 1 fully saturated rings. The van der Waals surface area contributed by atoms with Gasteiger partial charge in [0.1, 0.15) is 6.33 Å². The van der Waals surface area contributed by atoms with Gasteiger partial charge in [-0.3, -0.25) is 9.36 Å². The van der Waals surface area contributed by atoms with Gasteiger partial charge in [0.15, 0.2) is 5.16 Å². The molecule has 1 saturated carbocycles. The lowest BCUT2D eigenvalue weighted by Crippen LogP contribution is -2.37. The van der Waals surface area contributed by atoms with Crippen LogP contribution in [0.15, 0.2) is 41.8 Å². The second-order valence-corrected chi connectivity index (χ2v) is 6.88. The fourth-order valence-corrected chi connectivity index (χ4v) is 3.52. The summed E-state index contributed by atoms with van der Waals surface area (Å²) in [7, 11) is 0. The maximum Gasteiger partial charge on any atom is 0.233 e. The molecule has 1 heterocycles. The van der Waals surface area contributed by atoms with Gasteiger partial charge >= 0.3 is 0 Å². The molecule has 0 unspecified atom stereocenters. The number of carbonyl (C=O) groups excluding carboxylic acids is 1. The molecular weight excluding hydrogens is 296 g/mol. The van der Waals surface area contributed by atoms with Gasteiger partial charge in [0, 0.05) is 11.7 Å². The van der Waals surface area contributed by atoms with Crippen molar-refractivity contribution in [2.45, 2.75) is 49.1 Å². The summed E-state index contributed by atoms with van der Waals surface area (Å²) in [5.74, 6) is 0.0829. The minimum atomic E-state index is -0.188. The second kappa shape index (κ2) is 6.96. The number of para-hydroxylation sites is 1. The topological polar surface area (TPSA) is 59.8 Å². The first-order valence-corrected chi connectivity index (χ1v) is 8.54. The van der Waals surface area contributed by atoms with Crippen molar-refractivity contribution in [3.8, 4) is 5.69 Å². The van der Waals surface area contributed by atoms with Gasteiger partial charge in [-0.25, -0.2) is 0 Å². The van der Waals surface area contributed by atoms with Crippen LogP contribution in [0.1, 0.15) is 32.6 Å². The van der Waals surface area contributed by atoms with Crippen LogP contribution in [0.2, 0.25) is 0 Å². The second-order valence-electron chi connectivity index (χ2n) is 5.57. The molecule has 22 heavy (non-hydrogen) atoms. The number of carbonyl (C=O) groups is 1. The van der Waals surface area contributed by atoms with Crippen molar-refractivity contribution >= 4 is 17.7 Å². The molecule has 1 atom stereocenters. The molecule has 1 aromatic heterocycles. The minimum absolute atomic E-state index is 0.0829. The number of rotatable bonds is 5. The zero-order chi connectivity index (χ0) is 15.4. The van der Waals surface area contributed by atoms with Gasteiger partial charge in [0.25, 0.3) is 0 Å². The Kier molecular flexibility index (Phi) is 4.77. The van der Waals surface area contributed by atoms with E-state index in [-0.39, 0.29) is 11.2 Å². The number of nitrogens with zero attached hydrogens (tertiary/aromatic N) is 3. The molecule has 5 nitrogen and oxygen atoms in total. The number of benzene rings is 1. The Labute approximate surface area is 134 Å². The van der Waals surface area contributed by atoms with Gasteiger partial charge in [-0.2, -0.15) is 0 Å². The highest BCUT2D eigenvalue weighted by Crippen LogP contribution is 2.25. The maximum atomic E-state index is 12.3. The standard InChI is InChI=1S/C16H20N4OS/c1-12(15(21)18-13-7-5-6-8-13)22-16-19-17-11-20(16)14-9-3-2-4-10-14/h2-4,9-13H,5-8H2,1H3,(H,18,21)/t12-/m1/s1. The quantitative estimate of drug-likeness (QED) is 0.862. The van der Waals surface area contributed by atoms with Crippen molar-refractivity contribution in [2.75, 3.05) is 0 Å². The van der Waals surface area contributed by atoms with Crippen LogP contribution >= 0.6 is 11.8 Å². The predicted molar refractivity (Wildman–Crippen MR) is 87.1 cm³/mol. The number of thioether (sulfide) groups is 1. The van der Waals surface area contributed by atoms with Crippen LogP contribution in [0.5, 0.6) is 0 Å². The van der Waals surface area contributed by atoms with E-state index >= 15 is 0 Å². The molecule has 0 bridgehead atoms. The fraction of sp³-hybridized carbons (Fsp3) is 0.438. The lowest BCUT2D eigenvalue weighted by atomic mass is 10.2.